The maximum absolute atomic E-state index is 9.50. The second-order valence-corrected chi connectivity index (χ2v) is 4.43. The molecule has 1 atom stereocenters. The summed E-state index contributed by atoms with van der Waals surface area (Å²) in [6.45, 7) is 4.27. The highest BCUT2D eigenvalue weighted by molar-refractivity contribution is 5.33. The zero-order chi connectivity index (χ0) is 12.0. The van der Waals surface area contributed by atoms with E-state index in [4.69, 9.17) is 5.11 Å². The standard InChI is InChI=1S/C14H19NO/c1-12(2)14(11-15,9-6-10-16)13-7-4-3-5-8-13/h3-5,7-8,12,16H,6,9-10H2,1-2H3. The van der Waals surface area contributed by atoms with Gasteiger partial charge in [-0.3, -0.25) is 0 Å². The molecule has 1 N–H and O–H groups in total. The Balaban J connectivity index is 3.09. The van der Waals surface area contributed by atoms with E-state index in [-0.39, 0.29) is 12.5 Å². The van der Waals surface area contributed by atoms with Gasteiger partial charge >= 0.3 is 0 Å². The molecule has 0 radical (unpaired) electrons. The SMILES string of the molecule is CC(C)C(C#N)(CCCO)c1ccccc1. The van der Waals surface area contributed by atoms with Crippen LogP contribution in [0.4, 0.5) is 0 Å². The van der Waals surface area contributed by atoms with Crippen molar-refractivity contribution < 1.29 is 5.11 Å². The number of rotatable bonds is 5. The number of nitriles is 1. The highest BCUT2D eigenvalue weighted by atomic mass is 16.2. The summed E-state index contributed by atoms with van der Waals surface area (Å²) >= 11 is 0. The van der Waals surface area contributed by atoms with Gasteiger partial charge in [0.05, 0.1) is 11.5 Å². The Morgan fingerprint density at radius 1 is 1.31 bits per heavy atom. The molecule has 1 unspecified atom stereocenters. The van der Waals surface area contributed by atoms with E-state index in [2.05, 4.69) is 19.9 Å². The fourth-order valence-electron chi connectivity index (χ4n) is 2.11. The summed E-state index contributed by atoms with van der Waals surface area (Å²) < 4.78 is 0. The maximum atomic E-state index is 9.50. The molecule has 1 aromatic rings. The van der Waals surface area contributed by atoms with E-state index in [9.17, 15) is 5.26 Å². The molecular formula is C14H19NO. The molecule has 16 heavy (non-hydrogen) atoms. The lowest BCUT2D eigenvalue weighted by atomic mass is 9.70. The molecular weight excluding hydrogens is 198 g/mol. The summed E-state index contributed by atoms with van der Waals surface area (Å²) in [5, 5.41) is 18.4. The molecule has 1 rings (SSSR count). The number of benzene rings is 1. The zero-order valence-corrected chi connectivity index (χ0v) is 9.98. The van der Waals surface area contributed by atoms with Crippen LogP contribution < -0.4 is 0 Å². The Bertz CT molecular complexity index is 353. The van der Waals surface area contributed by atoms with E-state index in [1.165, 1.54) is 0 Å². The lowest BCUT2D eigenvalue weighted by molar-refractivity contribution is 0.257. The van der Waals surface area contributed by atoms with Crippen molar-refractivity contribution in [2.24, 2.45) is 5.92 Å². The minimum atomic E-state index is -0.468. The molecule has 0 heterocycles. The van der Waals surface area contributed by atoms with Crippen LogP contribution in [0.2, 0.25) is 0 Å². The Morgan fingerprint density at radius 3 is 2.38 bits per heavy atom. The fraction of sp³-hybridized carbons (Fsp3) is 0.500. The molecule has 0 fully saturated rings. The minimum absolute atomic E-state index is 0.142. The summed E-state index contributed by atoms with van der Waals surface area (Å²) in [4.78, 5) is 0. The number of aliphatic hydroxyl groups excluding tert-OH is 1. The second-order valence-electron chi connectivity index (χ2n) is 4.43. The van der Waals surface area contributed by atoms with Crippen LogP contribution in [-0.2, 0) is 5.41 Å². The van der Waals surface area contributed by atoms with Gasteiger partial charge in [-0.15, -0.1) is 0 Å². The van der Waals surface area contributed by atoms with E-state index in [0.717, 1.165) is 5.56 Å². The topological polar surface area (TPSA) is 44.0 Å². The number of hydrogen-bond donors (Lipinski definition) is 1. The molecule has 1 aromatic carbocycles. The summed E-state index contributed by atoms with van der Waals surface area (Å²) in [6, 6.07) is 12.3. The monoisotopic (exact) mass is 217 g/mol. The van der Waals surface area contributed by atoms with Crippen LogP contribution in [0.25, 0.3) is 0 Å². The first-order valence-corrected chi connectivity index (χ1v) is 5.75. The van der Waals surface area contributed by atoms with Gasteiger partial charge in [0.15, 0.2) is 0 Å². The average Bonchev–Trinajstić information content (AvgIpc) is 2.31. The largest absolute Gasteiger partial charge is 0.396 e. The minimum Gasteiger partial charge on any atom is -0.396 e. The highest BCUT2D eigenvalue weighted by Crippen LogP contribution is 2.36. The van der Waals surface area contributed by atoms with E-state index in [1.54, 1.807) is 0 Å². The van der Waals surface area contributed by atoms with Gasteiger partial charge in [0.25, 0.3) is 0 Å². The van der Waals surface area contributed by atoms with Crippen LogP contribution in [0.1, 0.15) is 32.3 Å². The normalized spacial score (nSPS) is 14.4. The zero-order valence-electron chi connectivity index (χ0n) is 9.98. The molecule has 86 valence electrons. The van der Waals surface area contributed by atoms with Crippen molar-refractivity contribution in [2.45, 2.75) is 32.1 Å². The first kappa shape index (κ1) is 12.7. The molecule has 0 aliphatic heterocycles. The molecule has 0 saturated carbocycles. The van der Waals surface area contributed by atoms with Crippen molar-refractivity contribution >= 4 is 0 Å². The van der Waals surface area contributed by atoms with Gasteiger partial charge in [-0.2, -0.15) is 5.26 Å². The molecule has 0 aliphatic carbocycles. The summed E-state index contributed by atoms with van der Waals surface area (Å²) in [5.41, 5.74) is 0.588. The quantitative estimate of drug-likeness (QED) is 0.824. The van der Waals surface area contributed by atoms with Crippen molar-refractivity contribution in [3.63, 3.8) is 0 Å². The number of nitrogens with zero attached hydrogens (tertiary/aromatic N) is 1. The first-order chi connectivity index (χ1) is 7.67. The van der Waals surface area contributed by atoms with Crippen molar-refractivity contribution in [3.05, 3.63) is 35.9 Å². The molecule has 2 nitrogen and oxygen atoms in total. The van der Waals surface area contributed by atoms with Gasteiger partial charge in [-0.25, -0.2) is 0 Å². The Hall–Kier alpha value is -1.33. The van der Waals surface area contributed by atoms with Crippen LogP contribution in [0.3, 0.4) is 0 Å². The summed E-state index contributed by atoms with van der Waals surface area (Å²) in [5.74, 6) is 0.242. The fourth-order valence-corrected chi connectivity index (χ4v) is 2.11. The van der Waals surface area contributed by atoms with E-state index >= 15 is 0 Å². The smallest absolute Gasteiger partial charge is 0.0846 e. The second kappa shape index (κ2) is 5.67. The number of hydrogen-bond acceptors (Lipinski definition) is 2. The Morgan fingerprint density at radius 2 is 1.94 bits per heavy atom. The molecule has 0 aromatic heterocycles. The van der Waals surface area contributed by atoms with Gasteiger partial charge in [-0.1, -0.05) is 44.2 Å². The lowest BCUT2D eigenvalue weighted by Gasteiger charge is -2.31. The third kappa shape index (κ3) is 2.43. The van der Waals surface area contributed by atoms with Gasteiger partial charge in [0.1, 0.15) is 0 Å². The maximum Gasteiger partial charge on any atom is 0.0846 e. The van der Waals surface area contributed by atoms with Gasteiger partial charge in [-0.05, 0) is 24.3 Å². The van der Waals surface area contributed by atoms with Crippen molar-refractivity contribution in [3.8, 4) is 6.07 Å². The lowest BCUT2D eigenvalue weighted by Crippen LogP contribution is -2.31. The predicted octanol–water partition coefficient (Wildman–Crippen LogP) is 2.88. The van der Waals surface area contributed by atoms with Crippen molar-refractivity contribution in [2.75, 3.05) is 6.61 Å². The van der Waals surface area contributed by atoms with E-state index in [0.29, 0.717) is 12.8 Å². The van der Waals surface area contributed by atoms with Crippen molar-refractivity contribution in [1.82, 2.24) is 0 Å². The van der Waals surface area contributed by atoms with Crippen LogP contribution in [0, 0.1) is 17.2 Å². The van der Waals surface area contributed by atoms with Crippen LogP contribution in [0.15, 0.2) is 30.3 Å². The molecule has 2 heteroatoms. The highest BCUT2D eigenvalue weighted by Gasteiger charge is 2.35. The summed E-state index contributed by atoms with van der Waals surface area (Å²) in [7, 11) is 0. The third-order valence-corrected chi connectivity index (χ3v) is 3.20. The first-order valence-electron chi connectivity index (χ1n) is 5.75. The van der Waals surface area contributed by atoms with Gasteiger partial charge in [0, 0.05) is 6.61 Å². The van der Waals surface area contributed by atoms with Gasteiger partial charge < -0.3 is 5.11 Å². The van der Waals surface area contributed by atoms with E-state index < -0.39 is 5.41 Å². The van der Waals surface area contributed by atoms with Crippen LogP contribution in [-0.4, -0.2) is 11.7 Å². The average molecular weight is 217 g/mol. The number of aliphatic hydroxyl groups is 1. The van der Waals surface area contributed by atoms with Crippen LogP contribution in [0.5, 0.6) is 0 Å². The molecule has 0 spiro atoms. The predicted molar refractivity (Wildman–Crippen MR) is 64.9 cm³/mol. The summed E-state index contributed by atoms with van der Waals surface area (Å²) in [6.07, 6.45) is 1.38. The van der Waals surface area contributed by atoms with Crippen LogP contribution >= 0.6 is 0 Å². The van der Waals surface area contributed by atoms with Gasteiger partial charge in [0.2, 0.25) is 0 Å². The Labute approximate surface area is 97.5 Å². The molecule has 0 bridgehead atoms. The molecule has 0 aliphatic rings. The van der Waals surface area contributed by atoms with Crippen molar-refractivity contribution in [1.29, 1.82) is 5.26 Å². The molecule has 0 saturated heterocycles. The van der Waals surface area contributed by atoms with E-state index in [1.807, 2.05) is 30.3 Å². The Kier molecular flexibility index (Phi) is 4.52. The molecule has 0 amide bonds. The third-order valence-electron chi connectivity index (χ3n) is 3.20.